The molecule has 0 aromatic rings. The zero-order valence-corrected chi connectivity index (χ0v) is 37.4. The van der Waals surface area contributed by atoms with Crippen molar-refractivity contribution in [2.75, 3.05) is 13.2 Å². The summed E-state index contributed by atoms with van der Waals surface area (Å²) in [6.07, 6.45) is 50.5. The van der Waals surface area contributed by atoms with Crippen LogP contribution in [0.15, 0.2) is 24.3 Å². The van der Waals surface area contributed by atoms with Gasteiger partial charge in [-0.25, -0.2) is 0 Å². The van der Waals surface area contributed by atoms with Crippen molar-refractivity contribution < 1.29 is 28.6 Å². The molecule has 0 rings (SSSR count). The third kappa shape index (κ3) is 43.0. The van der Waals surface area contributed by atoms with Gasteiger partial charge in [0.05, 0.1) is 0 Å². The lowest BCUT2D eigenvalue weighted by molar-refractivity contribution is -0.167. The SMILES string of the molecule is CCCCCCCC/C=C\CCCCCCCCCC(=O)OCC(COC(=O)CCCCCCC)OC(=O)CCCCCCC/C=C\CCCCCCCCC. The Kier molecular flexibility index (Phi) is 43.9. The molecule has 0 radical (unpaired) electrons. The number of carbonyl (C=O) groups excluding carboxylic acids is 3. The normalized spacial score (nSPS) is 12.1. The van der Waals surface area contributed by atoms with E-state index in [2.05, 4.69) is 45.1 Å². The Hall–Kier alpha value is -2.11. The summed E-state index contributed by atoms with van der Waals surface area (Å²) in [5.41, 5.74) is 0. The average Bonchev–Trinajstić information content (AvgIpc) is 3.19. The first-order valence-corrected chi connectivity index (χ1v) is 24.3. The Labute approximate surface area is 347 Å². The smallest absolute Gasteiger partial charge is 0.306 e. The molecule has 6 nitrogen and oxygen atoms in total. The Morgan fingerprint density at radius 2 is 0.589 bits per heavy atom. The fourth-order valence-electron chi connectivity index (χ4n) is 6.96. The van der Waals surface area contributed by atoms with Crippen molar-refractivity contribution in [2.45, 2.75) is 264 Å². The van der Waals surface area contributed by atoms with E-state index in [1.165, 1.54) is 148 Å². The van der Waals surface area contributed by atoms with E-state index in [1.807, 2.05) is 0 Å². The largest absolute Gasteiger partial charge is 0.462 e. The van der Waals surface area contributed by atoms with Gasteiger partial charge in [-0.05, 0) is 70.6 Å². The van der Waals surface area contributed by atoms with Gasteiger partial charge in [-0.3, -0.25) is 14.4 Å². The standard InChI is InChI=1S/C50H92O6/c1-4-7-10-13-15-17-19-21-23-25-27-28-30-32-34-37-40-43-49(52)55-46-47(45-54-48(51)42-39-36-12-9-6-3)56-50(53)44-41-38-35-33-31-29-26-24-22-20-18-16-14-11-8-5-2/h21,23-24,26,47H,4-20,22,25,27-46H2,1-3H3/b23-21-,26-24-. The van der Waals surface area contributed by atoms with Crippen molar-refractivity contribution in [3.05, 3.63) is 24.3 Å². The van der Waals surface area contributed by atoms with Crippen LogP contribution in [0.25, 0.3) is 0 Å². The predicted molar refractivity (Wildman–Crippen MR) is 238 cm³/mol. The van der Waals surface area contributed by atoms with Gasteiger partial charge < -0.3 is 14.2 Å². The van der Waals surface area contributed by atoms with Crippen LogP contribution < -0.4 is 0 Å². The van der Waals surface area contributed by atoms with Gasteiger partial charge in [0, 0.05) is 19.3 Å². The second-order valence-electron chi connectivity index (χ2n) is 16.4. The van der Waals surface area contributed by atoms with E-state index in [0.717, 1.165) is 70.6 Å². The Bertz CT molecular complexity index is 911. The summed E-state index contributed by atoms with van der Waals surface area (Å²) in [6, 6.07) is 0. The first-order chi connectivity index (χ1) is 27.5. The van der Waals surface area contributed by atoms with Gasteiger partial charge in [0.15, 0.2) is 6.10 Å². The minimum Gasteiger partial charge on any atom is -0.462 e. The second-order valence-corrected chi connectivity index (χ2v) is 16.4. The molecule has 0 saturated heterocycles. The molecule has 56 heavy (non-hydrogen) atoms. The number of carbonyl (C=O) groups is 3. The molecule has 0 aliphatic rings. The monoisotopic (exact) mass is 789 g/mol. The van der Waals surface area contributed by atoms with Gasteiger partial charge in [-0.2, -0.15) is 0 Å². The summed E-state index contributed by atoms with van der Waals surface area (Å²) >= 11 is 0. The topological polar surface area (TPSA) is 78.9 Å². The number of hydrogen-bond donors (Lipinski definition) is 0. The number of unbranched alkanes of at least 4 members (excludes halogenated alkanes) is 29. The lowest BCUT2D eigenvalue weighted by Gasteiger charge is -2.18. The summed E-state index contributed by atoms with van der Waals surface area (Å²) < 4.78 is 16.6. The van der Waals surface area contributed by atoms with Crippen LogP contribution in [0.4, 0.5) is 0 Å². The van der Waals surface area contributed by atoms with Crippen LogP contribution in [-0.4, -0.2) is 37.2 Å². The summed E-state index contributed by atoms with van der Waals surface area (Å²) in [7, 11) is 0. The Morgan fingerprint density at radius 1 is 0.339 bits per heavy atom. The van der Waals surface area contributed by atoms with Crippen molar-refractivity contribution in [1.29, 1.82) is 0 Å². The van der Waals surface area contributed by atoms with E-state index in [9.17, 15) is 14.4 Å². The highest BCUT2D eigenvalue weighted by atomic mass is 16.6. The van der Waals surface area contributed by atoms with E-state index < -0.39 is 6.10 Å². The van der Waals surface area contributed by atoms with Gasteiger partial charge in [-0.1, -0.05) is 193 Å². The van der Waals surface area contributed by atoms with Crippen LogP contribution in [0.2, 0.25) is 0 Å². The minimum absolute atomic E-state index is 0.0752. The van der Waals surface area contributed by atoms with Crippen molar-refractivity contribution in [2.24, 2.45) is 0 Å². The van der Waals surface area contributed by atoms with Crippen molar-refractivity contribution in [3.8, 4) is 0 Å². The van der Waals surface area contributed by atoms with E-state index in [4.69, 9.17) is 14.2 Å². The van der Waals surface area contributed by atoms with E-state index in [0.29, 0.717) is 19.3 Å². The summed E-state index contributed by atoms with van der Waals surface area (Å²) in [6.45, 7) is 6.55. The van der Waals surface area contributed by atoms with Crippen molar-refractivity contribution in [3.63, 3.8) is 0 Å². The zero-order valence-electron chi connectivity index (χ0n) is 37.4. The Morgan fingerprint density at radius 3 is 0.893 bits per heavy atom. The van der Waals surface area contributed by atoms with Crippen LogP contribution in [-0.2, 0) is 28.6 Å². The third-order valence-electron chi connectivity index (χ3n) is 10.7. The lowest BCUT2D eigenvalue weighted by Crippen LogP contribution is -2.30. The zero-order chi connectivity index (χ0) is 40.8. The molecule has 1 atom stereocenters. The maximum absolute atomic E-state index is 12.7. The predicted octanol–water partition coefficient (Wildman–Crippen LogP) is 15.6. The van der Waals surface area contributed by atoms with Gasteiger partial charge >= 0.3 is 17.9 Å². The first-order valence-electron chi connectivity index (χ1n) is 24.3. The molecule has 0 amide bonds. The number of hydrogen-bond acceptors (Lipinski definition) is 6. The molecule has 0 bridgehead atoms. The molecule has 0 aliphatic heterocycles. The van der Waals surface area contributed by atoms with E-state index in [-0.39, 0.29) is 31.1 Å². The number of esters is 3. The molecule has 0 aromatic heterocycles. The highest BCUT2D eigenvalue weighted by molar-refractivity contribution is 5.71. The molecular formula is C50H92O6. The Balaban J connectivity index is 4.19. The molecule has 0 saturated carbocycles. The average molecular weight is 789 g/mol. The summed E-state index contributed by atoms with van der Waals surface area (Å²) in [5.74, 6) is -0.894. The molecule has 0 heterocycles. The second kappa shape index (κ2) is 45.6. The third-order valence-corrected chi connectivity index (χ3v) is 10.7. The van der Waals surface area contributed by atoms with Crippen LogP contribution in [0.1, 0.15) is 258 Å². The molecule has 0 spiro atoms. The molecule has 0 N–H and O–H groups in total. The maximum atomic E-state index is 12.7. The minimum atomic E-state index is -0.770. The molecule has 328 valence electrons. The fraction of sp³-hybridized carbons (Fsp3) is 0.860. The van der Waals surface area contributed by atoms with Crippen molar-refractivity contribution in [1.82, 2.24) is 0 Å². The van der Waals surface area contributed by atoms with Crippen LogP contribution in [0.5, 0.6) is 0 Å². The highest BCUT2D eigenvalue weighted by Gasteiger charge is 2.19. The van der Waals surface area contributed by atoms with Gasteiger partial charge in [0.1, 0.15) is 13.2 Å². The molecule has 1 unspecified atom stereocenters. The fourth-order valence-corrected chi connectivity index (χ4v) is 6.96. The number of allylic oxidation sites excluding steroid dienone is 4. The molecule has 0 aromatic carbocycles. The summed E-state index contributed by atoms with van der Waals surface area (Å²) in [5, 5.41) is 0. The van der Waals surface area contributed by atoms with E-state index in [1.54, 1.807) is 0 Å². The van der Waals surface area contributed by atoms with Crippen LogP contribution >= 0.6 is 0 Å². The lowest BCUT2D eigenvalue weighted by atomic mass is 10.1. The molecule has 6 heteroatoms. The maximum Gasteiger partial charge on any atom is 0.306 e. The van der Waals surface area contributed by atoms with Crippen LogP contribution in [0, 0.1) is 0 Å². The van der Waals surface area contributed by atoms with E-state index >= 15 is 0 Å². The van der Waals surface area contributed by atoms with Crippen LogP contribution in [0.3, 0.4) is 0 Å². The quantitative estimate of drug-likeness (QED) is 0.0265. The molecular weight excluding hydrogens is 697 g/mol. The van der Waals surface area contributed by atoms with Gasteiger partial charge in [0.2, 0.25) is 0 Å². The van der Waals surface area contributed by atoms with Gasteiger partial charge in [0.25, 0.3) is 0 Å². The molecule has 0 aliphatic carbocycles. The highest BCUT2D eigenvalue weighted by Crippen LogP contribution is 2.14. The first kappa shape index (κ1) is 53.9. The number of rotatable bonds is 44. The number of ether oxygens (including phenoxy) is 3. The summed E-state index contributed by atoms with van der Waals surface area (Å²) in [4.78, 5) is 37.6. The molecule has 0 fully saturated rings. The van der Waals surface area contributed by atoms with Crippen molar-refractivity contribution >= 4 is 17.9 Å². The van der Waals surface area contributed by atoms with Gasteiger partial charge in [-0.15, -0.1) is 0 Å².